The smallest absolute Gasteiger partial charge is 0.316 e. The molecule has 1 aromatic rings. The molecule has 4 N–H and O–H groups in total. The van der Waals surface area contributed by atoms with Crippen LogP contribution in [0.3, 0.4) is 0 Å². The molecule has 0 spiro atoms. The van der Waals surface area contributed by atoms with Crippen LogP contribution in [0.25, 0.3) is 0 Å². The van der Waals surface area contributed by atoms with E-state index in [1.807, 2.05) is 24.3 Å². The van der Waals surface area contributed by atoms with Gasteiger partial charge in [0.05, 0.1) is 6.10 Å². The highest BCUT2D eigenvalue weighted by molar-refractivity contribution is 5.87. The minimum atomic E-state index is -0.541. The third kappa shape index (κ3) is 4.44. The Morgan fingerprint density at radius 3 is 2.76 bits per heavy atom. The molecule has 1 heterocycles. The predicted molar refractivity (Wildman–Crippen MR) is 84.2 cm³/mol. The van der Waals surface area contributed by atoms with E-state index in [4.69, 9.17) is 10.5 Å². The second-order valence-corrected chi connectivity index (χ2v) is 5.61. The molecule has 1 fully saturated rings. The van der Waals surface area contributed by atoms with Crippen LogP contribution in [0.15, 0.2) is 24.3 Å². The Kier molecular flexibility index (Phi) is 5.59. The zero-order chi connectivity index (χ0) is 15.2. The summed E-state index contributed by atoms with van der Waals surface area (Å²) in [6.07, 6.45) is 2.61. The first-order valence-corrected chi connectivity index (χ1v) is 7.61. The molecule has 5 nitrogen and oxygen atoms in total. The molecular formula is C16H25N3O2. The van der Waals surface area contributed by atoms with Crippen molar-refractivity contribution in [3.8, 4) is 0 Å². The lowest BCUT2D eigenvalue weighted by Crippen LogP contribution is -2.30. The maximum atomic E-state index is 10.8. The molecule has 116 valence electrons. The Bertz CT molecular complexity index is 461. The number of amides is 2. The average molecular weight is 291 g/mol. The Labute approximate surface area is 126 Å². The number of ether oxygens (including phenoxy) is 1. The summed E-state index contributed by atoms with van der Waals surface area (Å²) in [4.78, 5) is 10.8. The van der Waals surface area contributed by atoms with Crippen molar-refractivity contribution >= 4 is 11.7 Å². The number of nitrogens with two attached hydrogens (primary N) is 1. The van der Waals surface area contributed by atoms with E-state index in [0.29, 0.717) is 17.7 Å². The van der Waals surface area contributed by atoms with Crippen molar-refractivity contribution in [2.24, 2.45) is 11.7 Å². The van der Waals surface area contributed by atoms with Gasteiger partial charge in [-0.1, -0.05) is 19.1 Å². The molecule has 0 bridgehead atoms. The molecule has 1 aliphatic rings. The Morgan fingerprint density at radius 2 is 2.14 bits per heavy atom. The van der Waals surface area contributed by atoms with Crippen molar-refractivity contribution in [2.45, 2.75) is 38.8 Å². The monoisotopic (exact) mass is 291 g/mol. The molecule has 21 heavy (non-hydrogen) atoms. The Morgan fingerprint density at radius 1 is 1.43 bits per heavy atom. The maximum Gasteiger partial charge on any atom is 0.316 e. The third-order valence-electron chi connectivity index (χ3n) is 4.11. The van der Waals surface area contributed by atoms with E-state index in [0.717, 1.165) is 26.0 Å². The normalized spacial score (nSPS) is 23.0. The second kappa shape index (κ2) is 7.43. The van der Waals surface area contributed by atoms with Crippen LogP contribution in [-0.4, -0.2) is 25.3 Å². The zero-order valence-electron chi connectivity index (χ0n) is 12.8. The lowest BCUT2D eigenvalue weighted by atomic mass is 9.98. The van der Waals surface area contributed by atoms with Gasteiger partial charge < -0.3 is 21.1 Å². The summed E-state index contributed by atoms with van der Waals surface area (Å²) < 4.78 is 5.71. The SMILES string of the molecule is CCC1OCCC1CNC(C)c1ccc(NC(N)=O)cc1. The number of hydrogen-bond acceptors (Lipinski definition) is 3. The standard InChI is InChI=1S/C16H25N3O2/c1-3-15-13(8-9-21-15)10-18-11(2)12-4-6-14(7-5-12)19-16(17)20/h4-7,11,13,15,18H,3,8-10H2,1-2H3,(H3,17,19,20). The first-order valence-electron chi connectivity index (χ1n) is 7.61. The molecule has 0 saturated carbocycles. The van der Waals surface area contributed by atoms with Crippen molar-refractivity contribution in [1.82, 2.24) is 5.32 Å². The van der Waals surface area contributed by atoms with E-state index in [2.05, 4.69) is 24.5 Å². The van der Waals surface area contributed by atoms with Crippen LogP contribution < -0.4 is 16.4 Å². The van der Waals surface area contributed by atoms with E-state index < -0.39 is 6.03 Å². The minimum Gasteiger partial charge on any atom is -0.378 e. The number of benzene rings is 1. The molecule has 3 atom stereocenters. The number of anilines is 1. The van der Waals surface area contributed by atoms with Gasteiger partial charge in [-0.15, -0.1) is 0 Å². The van der Waals surface area contributed by atoms with Gasteiger partial charge in [0.25, 0.3) is 0 Å². The summed E-state index contributed by atoms with van der Waals surface area (Å²) in [5.41, 5.74) is 7.00. The summed E-state index contributed by atoms with van der Waals surface area (Å²) in [6, 6.07) is 7.47. The van der Waals surface area contributed by atoms with Gasteiger partial charge in [0, 0.05) is 24.9 Å². The van der Waals surface area contributed by atoms with Crippen molar-refractivity contribution in [1.29, 1.82) is 0 Å². The first kappa shape index (κ1) is 15.8. The Hall–Kier alpha value is -1.59. The quantitative estimate of drug-likeness (QED) is 0.754. The largest absolute Gasteiger partial charge is 0.378 e. The highest BCUT2D eigenvalue weighted by atomic mass is 16.5. The van der Waals surface area contributed by atoms with E-state index in [1.165, 1.54) is 5.56 Å². The molecule has 2 rings (SSSR count). The van der Waals surface area contributed by atoms with Crippen molar-refractivity contribution in [3.63, 3.8) is 0 Å². The van der Waals surface area contributed by atoms with Crippen molar-refractivity contribution in [2.75, 3.05) is 18.5 Å². The fourth-order valence-corrected chi connectivity index (χ4v) is 2.82. The van der Waals surface area contributed by atoms with Crippen LogP contribution in [0.4, 0.5) is 10.5 Å². The summed E-state index contributed by atoms with van der Waals surface area (Å²) in [5, 5.41) is 6.14. The van der Waals surface area contributed by atoms with Crippen LogP contribution >= 0.6 is 0 Å². The second-order valence-electron chi connectivity index (χ2n) is 5.61. The molecule has 2 amide bonds. The number of hydrogen-bond donors (Lipinski definition) is 3. The van der Waals surface area contributed by atoms with Gasteiger partial charge >= 0.3 is 6.03 Å². The number of carbonyl (C=O) groups excluding carboxylic acids is 1. The summed E-state index contributed by atoms with van der Waals surface area (Å²) >= 11 is 0. The minimum absolute atomic E-state index is 0.269. The van der Waals surface area contributed by atoms with Crippen molar-refractivity contribution < 1.29 is 9.53 Å². The lowest BCUT2D eigenvalue weighted by Gasteiger charge is -2.21. The van der Waals surface area contributed by atoms with E-state index >= 15 is 0 Å². The fraction of sp³-hybridized carbons (Fsp3) is 0.562. The third-order valence-corrected chi connectivity index (χ3v) is 4.11. The van der Waals surface area contributed by atoms with Gasteiger partial charge in [0.2, 0.25) is 0 Å². The molecular weight excluding hydrogens is 266 g/mol. The lowest BCUT2D eigenvalue weighted by molar-refractivity contribution is 0.0867. The van der Waals surface area contributed by atoms with Gasteiger partial charge in [-0.05, 0) is 43.4 Å². The van der Waals surface area contributed by atoms with Crippen LogP contribution in [0.5, 0.6) is 0 Å². The molecule has 5 heteroatoms. The predicted octanol–water partition coefficient (Wildman–Crippen LogP) is 2.64. The van der Waals surface area contributed by atoms with E-state index in [9.17, 15) is 4.79 Å². The van der Waals surface area contributed by atoms with E-state index in [-0.39, 0.29) is 6.04 Å². The molecule has 1 aromatic carbocycles. The average Bonchev–Trinajstić information content (AvgIpc) is 2.92. The number of urea groups is 1. The summed E-state index contributed by atoms with van der Waals surface area (Å²) in [5.74, 6) is 0.605. The van der Waals surface area contributed by atoms with Crippen LogP contribution in [0.1, 0.15) is 38.3 Å². The van der Waals surface area contributed by atoms with E-state index in [1.54, 1.807) is 0 Å². The van der Waals surface area contributed by atoms with Crippen LogP contribution in [0.2, 0.25) is 0 Å². The van der Waals surface area contributed by atoms with Gasteiger partial charge in [-0.2, -0.15) is 0 Å². The highest BCUT2D eigenvalue weighted by Crippen LogP contribution is 2.24. The van der Waals surface area contributed by atoms with Gasteiger partial charge in [0.1, 0.15) is 0 Å². The maximum absolute atomic E-state index is 10.8. The number of rotatable bonds is 6. The molecule has 3 unspecified atom stereocenters. The Balaban J connectivity index is 1.85. The summed E-state index contributed by atoms with van der Waals surface area (Å²) in [7, 11) is 0. The number of carbonyl (C=O) groups is 1. The van der Waals surface area contributed by atoms with Crippen LogP contribution in [0, 0.1) is 5.92 Å². The topological polar surface area (TPSA) is 76.4 Å². The molecule has 1 aliphatic heterocycles. The molecule has 0 radical (unpaired) electrons. The first-order chi connectivity index (χ1) is 10.1. The highest BCUT2D eigenvalue weighted by Gasteiger charge is 2.26. The molecule has 0 aliphatic carbocycles. The van der Waals surface area contributed by atoms with Gasteiger partial charge in [-0.25, -0.2) is 4.79 Å². The number of primary amides is 1. The van der Waals surface area contributed by atoms with Gasteiger partial charge in [-0.3, -0.25) is 0 Å². The molecule has 1 saturated heterocycles. The molecule has 0 aromatic heterocycles. The van der Waals surface area contributed by atoms with Crippen LogP contribution in [-0.2, 0) is 4.74 Å². The van der Waals surface area contributed by atoms with Crippen molar-refractivity contribution in [3.05, 3.63) is 29.8 Å². The zero-order valence-corrected chi connectivity index (χ0v) is 12.8. The summed E-state index contributed by atoms with van der Waals surface area (Å²) in [6.45, 7) is 6.18. The van der Waals surface area contributed by atoms with Gasteiger partial charge in [0.15, 0.2) is 0 Å². The fourth-order valence-electron chi connectivity index (χ4n) is 2.82. The number of nitrogens with one attached hydrogen (secondary N) is 2.